The summed E-state index contributed by atoms with van der Waals surface area (Å²) in [6.45, 7) is 3.57. The van der Waals surface area contributed by atoms with Crippen molar-refractivity contribution in [3.8, 4) is 0 Å². The van der Waals surface area contributed by atoms with Crippen molar-refractivity contribution in [2.24, 2.45) is 0 Å². The quantitative estimate of drug-likeness (QED) is 0.399. The molecule has 0 aliphatic carbocycles. The molecule has 1 unspecified atom stereocenters. The third-order valence-electron chi connectivity index (χ3n) is 5.16. The predicted molar refractivity (Wildman–Crippen MR) is 115 cm³/mol. The average molecular weight is 419 g/mol. The Bertz CT molecular complexity index is 653. The molecule has 0 heterocycles. The molecule has 30 heavy (non-hydrogen) atoms. The van der Waals surface area contributed by atoms with Crippen LogP contribution in [0.25, 0.3) is 0 Å². The molecule has 6 heteroatoms. The molecule has 6 nitrogen and oxygen atoms in total. The molecular formula is C24H34O6. The summed E-state index contributed by atoms with van der Waals surface area (Å²) >= 11 is 0. The number of rotatable bonds is 13. The molecule has 4 N–H and O–H groups in total. The van der Waals surface area contributed by atoms with Crippen molar-refractivity contribution in [2.45, 2.75) is 63.3 Å². The highest BCUT2D eigenvalue weighted by Crippen LogP contribution is 2.21. The van der Waals surface area contributed by atoms with Gasteiger partial charge in [-0.05, 0) is 37.8 Å². The zero-order chi connectivity index (χ0) is 22.0. The van der Waals surface area contributed by atoms with Crippen LogP contribution in [0.15, 0.2) is 60.7 Å². The summed E-state index contributed by atoms with van der Waals surface area (Å²) in [4.78, 5) is 0. The van der Waals surface area contributed by atoms with Gasteiger partial charge in [-0.25, -0.2) is 0 Å². The minimum absolute atomic E-state index is 0.0459. The van der Waals surface area contributed by atoms with Crippen LogP contribution in [0.3, 0.4) is 0 Å². The van der Waals surface area contributed by atoms with E-state index in [-0.39, 0.29) is 26.1 Å². The highest BCUT2D eigenvalue weighted by molar-refractivity contribution is 5.14. The standard InChI is InChI=1S/C24H34O6/c1-23(27,17-29-15-19-9-5-3-6-10-19)21(25)13-14-22(26)24(2,28)18-30-16-20-11-7-4-8-12-20/h3-12,21-22,25-28H,13-18H2,1-2H3/t21-,22?,23+,24+/m1/s1. The van der Waals surface area contributed by atoms with Crippen LogP contribution in [-0.4, -0.2) is 57.0 Å². The molecule has 2 aromatic rings. The molecule has 0 aromatic heterocycles. The van der Waals surface area contributed by atoms with Gasteiger partial charge in [-0.1, -0.05) is 60.7 Å². The van der Waals surface area contributed by atoms with Gasteiger partial charge in [0.05, 0.1) is 38.6 Å². The topological polar surface area (TPSA) is 99.4 Å². The van der Waals surface area contributed by atoms with Gasteiger partial charge < -0.3 is 29.9 Å². The predicted octanol–water partition coefficient (Wildman–Crippen LogP) is 2.42. The lowest BCUT2D eigenvalue weighted by Crippen LogP contribution is -2.47. The maximum absolute atomic E-state index is 10.5. The molecule has 4 atom stereocenters. The van der Waals surface area contributed by atoms with Gasteiger partial charge >= 0.3 is 0 Å². The summed E-state index contributed by atoms with van der Waals surface area (Å²) in [5.41, 5.74) is -0.983. The lowest BCUT2D eigenvalue weighted by atomic mass is 9.90. The van der Waals surface area contributed by atoms with Crippen LogP contribution in [0.1, 0.15) is 37.8 Å². The number of ether oxygens (including phenoxy) is 2. The Morgan fingerprint density at radius 3 is 1.33 bits per heavy atom. The Morgan fingerprint density at radius 1 is 0.667 bits per heavy atom. The lowest BCUT2D eigenvalue weighted by Gasteiger charge is -2.32. The van der Waals surface area contributed by atoms with E-state index in [1.54, 1.807) is 0 Å². The van der Waals surface area contributed by atoms with Gasteiger partial charge in [-0.2, -0.15) is 0 Å². The fourth-order valence-corrected chi connectivity index (χ4v) is 3.03. The molecule has 2 aromatic carbocycles. The SMILES string of the molecule is C[C@](O)(COCc1ccccc1)C(O)CC[C@@H](O)[C@@](C)(O)COCc1ccccc1. The van der Waals surface area contributed by atoms with Crippen molar-refractivity contribution in [3.63, 3.8) is 0 Å². The monoisotopic (exact) mass is 418 g/mol. The number of hydrogen-bond donors (Lipinski definition) is 4. The number of hydrogen-bond acceptors (Lipinski definition) is 6. The lowest BCUT2D eigenvalue weighted by molar-refractivity contribution is -0.134. The first-order chi connectivity index (χ1) is 14.2. The molecule has 0 saturated heterocycles. The van der Waals surface area contributed by atoms with Crippen molar-refractivity contribution in [1.29, 1.82) is 0 Å². The molecular weight excluding hydrogens is 384 g/mol. The van der Waals surface area contributed by atoms with Crippen LogP contribution in [0.4, 0.5) is 0 Å². The Balaban J connectivity index is 1.72. The summed E-state index contributed by atoms with van der Waals surface area (Å²) in [7, 11) is 0. The van der Waals surface area contributed by atoms with Gasteiger partial charge in [0, 0.05) is 0 Å². The van der Waals surface area contributed by atoms with Gasteiger partial charge in [-0.15, -0.1) is 0 Å². The smallest absolute Gasteiger partial charge is 0.111 e. The van der Waals surface area contributed by atoms with Crippen LogP contribution < -0.4 is 0 Å². The zero-order valence-corrected chi connectivity index (χ0v) is 17.8. The first-order valence-electron chi connectivity index (χ1n) is 10.2. The van der Waals surface area contributed by atoms with E-state index in [0.717, 1.165) is 11.1 Å². The van der Waals surface area contributed by atoms with Crippen molar-refractivity contribution in [1.82, 2.24) is 0 Å². The van der Waals surface area contributed by atoms with Crippen LogP contribution in [0.5, 0.6) is 0 Å². The van der Waals surface area contributed by atoms with Crippen molar-refractivity contribution in [3.05, 3.63) is 71.8 Å². The summed E-state index contributed by atoms with van der Waals surface area (Å²) in [6.07, 6.45) is -2.00. The van der Waals surface area contributed by atoms with Gasteiger partial charge in [0.1, 0.15) is 11.2 Å². The highest BCUT2D eigenvalue weighted by Gasteiger charge is 2.35. The second-order valence-corrected chi connectivity index (χ2v) is 8.28. The van der Waals surface area contributed by atoms with Crippen molar-refractivity contribution in [2.75, 3.05) is 13.2 Å². The molecule has 0 amide bonds. The minimum atomic E-state index is -1.47. The van der Waals surface area contributed by atoms with Gasteiger partial charge in [0.15, 0.2) is 0 Å². The maximum atomic E-state index is 10.5. The van der Waals surface area contributed by atoms with Gasteiger partial charge in [-0.3, -0.25) is 0 Å². The molecule has 0 radical (unpaired) electrons. The third kappa shape index (κ3) is 8.14. The van der Waals surface area contributed by atoms with E-state index in [0.29, 0.717) is 13.2 Å². The molecule has 0 aliphatic heterocycles. The molecule has 166 valence electrons. The number of aliphatic hydroxyl groups is 4. The minimum Gasteiger partial charge on any atom is -0.390 e. The van der Waals surface area contributed by atoms with Crippen molar-refractivity contribution < 1.29 is 29.9 Å². The molecule has 0 bridgehead atoms. The Kier molecular flexibility index (Phi) is 9.42. The van der Waals surface area contributed by atoms with E-state index in [1.165, 1.54) is 13.8 Å². The largest absolute Gasteiger partial charge is 0.390 e. The molecule has 0 fully saturated rings. The molecule has 0 spiro atoms. The van der Waals surface area contributed by atoms with Crippen molar-refractivity contribution >= 4 is 0 Å². The summed E-state index contributed by atoms with van der Waals surface area (Å²) in [6, 6.07) is 19.1. The van der Waals surface area contributed by atoms with E-state index in [4.69, 9.17) is 9.47 Å². The van der Waals surface area contributed by atoms with Crippen LogP contribution in [-0.2, 0) is 22.7 Å². The zero-order valence-electron chi connectivity index (χ0n) is 17.8. The Morgan fingerprint density at radius 2 is 1.00 bits per heavy atom. The van der Waals surface area contributed by atoms with Crippen LogP contribution in [0, 0.1) is 0 Å². The van der Waals surface area contributed by atoms with Crippen LogP contribution in [0.2, 0.25) is 0 Å². The Labute approximate surface area is 178 Å². The number of benzene rings is 2. The summed E-state index contributed by atoms with van der Waals surface area (Å²) in [5.74, 6) is 0. The second kappa shape index (κ2) is 11.6. The normalized spacial score (nSPS) is 17.7. The molecule has 2 rings (SSSR count). The molecule has 0 aliphatic rings. The maximum Gasteiger partial charge on any atom is 0.111 e. The molecule has 0 saturated carbocycles. The van der Waals surface area contributed by atoms with E-state index >= 15 is 0 Å². The van der Waals surface area contributed by atoms with Gasteiger partial charge in [0.2, 0.25) is 0 Å². The van der Waals surface area contributed by atoms with E-state index in [9.17, 15) is 20.4 Å². The fraction of sp³-hybridized carbons (Fsp3) is 0.500. The average Bonchev–Trinajstić information content (AvgIpc) is 2.73. The highest BCUT2D eigenvalue weighted by atomic mass is 16.5. The third-order valence-corrected chi connectivity index (χ3v) is 5.16. The fourth-order valence-electron chi connectivity index (χ4n) is 3.03. The van der Waals surface area contributed by atoms with Crippen LogP contribution >= 0.6 is 0 Å². The Hall–Kier alpha value is -1.80. The van der Waals surface area contributed by atoms with Gasteiger partial charge in [0.25, 0.3) is 0 Å². The summed E-state index contributed by atoms with van der Waals surface area (Å²) in [5, 5.41) is 41.7. The first-order valence-corrected chi connectivity index (χ1v) is 10.2. The second-order valence-electron chi connectivity index (χ2n) is 8.28. The van der Waals surface area contributed by atoms with E-state index in [1.807, 2.05) is 60.7 Å². The van der Waals surface area contributed by atoms with E-state index in [2.05, 4.69) is 0 Å². The summed E-state index contributed by atoms with van der Waals surface area (Å²) < 4.78 is 11.1. The number of aliphatic hydroxyl groups excluding tert-OH is 2. The first kappa shape index (κ1) is 24.5. The van der Waals surface area contributed by atoms with E-state index < -0.39 is 23.4 Å².